The molecule has 0 amide bonds. The van der Waals surface area contributed by atoms with Crippen LogP contribution in [0.15, 0.2) is 0 Å². The summed E-state index contributed by atoms with van der Waals surface area (Å²) < 4.78 is 9.81. The third-order valence-electron chi connectivity index (χ3n) is 0.398. The number of rotatable bonds is 2. The zero-order chi connectivity index (χ0) is 5.86. The minimum Gasteiger partial charge on any atom is -0.594 e. The van der Waals surface area contributed by atoms with Gasteiger partial charge < -0.3 is 4.89 Å². The van der Waals surface area contributed by atoms with Crippen molar-refractivity contribution >= 4 is 8.03 Å². The second kappa shape index (κ2) is 3.08. The molecule has 0 aromatic heterocycles. The average Bonchev–Trinajstić information content (AvgIpc) is 1.27. The van der Waals surface area contributed by atoms with Crippen LogP contribution in [0.3, 0.4) is 0 Å². The van der Waals surface area contributed by atoms with Crippen LogP contribution in [-0.4, -0.2) is 25.3 Å². The van der Waals surface area contributed by atoms with Crippen molar-refractivity contribution in [1.82, 2.24) is 4.90 Å². The molecule has 0 aromatic rings. The minimum atomic E-state index is -2.21. The highest BCUT2D eigenvalue weighted by molar-refractivity contribution is 7.36. The Morgan fingerprint density at radius 1 is 1.71 bits per heavy atom. The molecule has 0 N–H and O–H groups in total. The second-order valence-corrected chi connectivity index (χ2v) is 2.50. The summed E-state index contributed by atoms with van der Waals surface area (Å²) in [6.07, 6.45) is 0.148. The summed E-state index contributed by atoms with van der Waals surface area (Å²) in [6, 6.07) is 0. The molecule has 1 unspecified atom stereocenters. The van der Waals surface area contributed by atoms with E-state index in [0.29, 0.717) is 0 Å². The smallest absolute Gasteiger partial charge is 0.324 e. The molecule has 1 atom stereocenters. The lowest BCUT2D eigenvalue weighted by Crippen LogP contribution is -2.12. The van der Waals surface area contributed by atoms with Gasteiger partial charge in [-0.25, -0.2) is 0 Å². The highest BCUT2D eigenvalue weighted by Crippen LogP contribution is 2.04. The zero-order valence-corrected chi connectivity index (χ0v) is 5.31. The number of nitrogens with zero attached hydrogens (tertiary/aromatic N) is 1. The molecule has 0 spiro atoms. The fraction of sp³-hybridized carbons (Fsp3) is 1.00. The first-order chi connectivity index (χ1) is 3.13. The largest absolute Gasteiger partial charge is 0.594 e. The van der Waals surface area contributed by atoms with E-state index in [9.17, 15) is 9.46 Å². The first kappa shape index (κ1) is 7.02. The molecule has 0 rings (SSSR count). The lowest BCUT2D eigenvalue weighted by Gasteiger charge is -1.98. The molecule has 3 nitrogen and oxygen atoms in total. The van der Waals surface area contributed by atoms with E-state index in [0.717, 1.165) is 0 Å². The fourth-order valence-electron chi connectivity index (χ4n) is 0.231. The van der Waals surface area contributed by atoms with E-state index in [1.807, 2.05) is 0 Å². The molecule has 0 saturated heterocycles. The Kier molecular flexibility index (Phi) is 3.09. The monoisotopic (exact) mass is 121 g/mol. The van der Waals surface area contributed by atoms with Gasteiger partial charge in [0.15, 0.2) is 6.29 Å². The van der Waals surface area contributed by atoms with Gasteiger partial charge in [-0.3, -0.25) is 4.90 Å². The Morgan fingerprint density at radius 2 is 2.14 bits per heavy atom. The summed E-state index contributed by atoms with van der Waals surface area (Å²) in [5.74, 6) is 0. The maximum absolute atomic E-state index is 9.81. The predicted molar refractivity (Wildman–Crippen MR) is 26.2 cm³/mol. The summed E-state index contributed by atoms with van der Waals surface area (Å²) in [6.45, 7) is 0. The highest BCUT2D eigenvalue weighted by atomic mass is 31.1. The van der Waals surface area contributed by atoms with Gasteiger partial charge in [0.1, 0.15) is 0 Å². The van der Waals surface area contributed by atoms with Crippen LogP contribution in [0, 0.1) is 0 Å². The van der Waals surface area contributed by atoms with Crippen molar-refractivity contribution in [2.75, 3.05) is 20.4 Å². The summed E-state index contributed by atoms with van der Waals surface area (Å²) in [7, 11) is 1.21. The Morgan fingerprint density at radius 3 is 2.14 bits per heavy atom. The molecule has 0 saturated carbocycles. The maximum atomic E-state index is 9.81. The van der Waals surface area contributed by atoms with Crippen LogP contribution >= 0.6 is 8.03 Å². The number of hydrogen-bond donors (Lipinski definition) is 0. The van der Waals surface area contributed by atoms with Crippen LogP contribution in [0.2, 0.25) is 0 Å². The standard InChI is InChI=1S/C3H8NO2P/c1-4(2)3-7(5)6/h3H2,1-2H3. The molecule has 0 aliphatic heterocycles. The first-order valence-corrected chi connectivity index (χ1v) is 3.25. The molecular formula is C3H8NO2P. The second-order valence-electron chi connectivity index (χ2n) is 1.55. The maximum Gasteiger partial charge on any atom is 0.324 e. The fourth-order valence-corrected chi connectivity index (χ4v) is 0.693. The quantitative estimate of drug-likeness (QED) is 0.467. The summed E-state index contributed by atoms with van der Waals surface area (Å²) in [5, 5.41) is 0. The molecule has 7 heavy (non-hydrogen) atoms. The Hall–Kier alpha value is 0.0200. The molecule has 0 heterocycles. The van der Waals surface area contributed by atoms with Crippen molar-refractivity contribution in [1.29, 1.82) is 0 Å². The van der Waals surface area contributed by atoms with Crippen LogP contribution in [0.1, 0.15) is 0 Å². The van der Waals surface area contributed by atoms with Crippen LogP contribution < -0.4 is 4.89 Å². The Balaban J connectivity index is 3.13. The van der Waals surface area contributed by atoms with Gasteiger partial charge in [0.05, 0.1) is 0 Å². The van der Waals surface area contributed by atoms with Gasteiger partial charge >= 0.3 is 8.03 Å². The lowest BCUT2D eigenvalue weighted by molar-refractivity contribution is -0.165. The van der Waals surface area contributed by atoms with E-state index >= 15 is 0 Å². The van der Waals surface area contributed by atoms with Crippen LogP contribution in [0.5, 0.6) is 0 Å². The van der Waals surface area contributed by atoms with Crippen LogP contribution in [0.4, 0.5) is 0 Å². The molecule has 4 heteroatoms. The van der Waals surface area contributed by atoms with Crippen molar-refractivity contribution < 1.29 is 9.46 Å². The zero-order valence-electron chi connectivity index (χ0n) is 4.42. The van der Waals surface area contributed by atoms with E-state index in [-0.39, 0.29) is 6.29 Å². The summed E-state index contributed by atoms with van der Waals surface area (Å²) >= 11 is 0. The van der Waals surface area contributed by atoms with Crippen LogP contribution in [0.25, 0.3) is 0 Å². The Bertz CT molecular complexity index is 73.3. The van der Waals surface area contributed by atoms with Crippen molar-refractivity contribution in [3.63, 3.8) is 0 Å². The molecule has 0 aliphatic rings. The minimum absolute atomic E-state index is 0.148. The van der Waals surface area contributed by atoms with Crippen molar-refractivity contribution in [2.45, 2.75) is 0 Å². The molecule has 42 valence electrons. The highest BCUT2D eigenvalue weighted by Gasteiger charge is 1.98. The molecule has 0 fully saturated rings. The van der Waals surface area contributed by atoms with Gasteiger partial charge in [0, 0.05) is 0 Å². The van der Waals surface area contributed by atoms with E-state index in [1.54, 1.807) is 19.0 Å². The van der Waals surface area contributed by atoms with Crippen molar-refractivity contribution in [3.05, 3.63) is 0 Å². The van der Waals surface area contributed by atoms with Gasteiger partial charge in [-0.2, -0.15) is 0 Å². The van der Waals surface area contributed by atoms with Gasteiger partial charge in [-0.05, 0) is 14.1 Å². The van der Waals surface area contributed by atoms with E-state index < -0.39 is 8.03 Å². The third kappa shape index (κ3) is 6.02. The topological polar surface area (TPSA) is 43.4 Å². The van der Waals surface area contributed by atoms with Gasteiger partial charge in [0.25, 0.3) is 0 Å². The lowest BCUT2D eigenvalue weighted by atomic mass is 11.0. The Labute approximate surface area is 43.8 Å². The molecule has 0 aliphatic carbocycles. The van der Waals surface area contributed by atoms with Gasteiger partial charge in [0.2, 0.25) is 0 Å². The van der Waals surface area contributed by atoms with Crippen molar-refractivity contribution in [2.24, 2.45) is 0 Å². The SMILES string of the molecule is CN(C)C[P+](=O)[O-]. The van der Waals surface area contributed by atoms with Crippen molar-refractivity contribution in [3.8, 4) is 0 Å². The van der Waals surface area contributed by atoms with E-state index in [2.05, 4.69) is 0 Å². The first-order valence-electron chi connectivity index (χ1n) is 1.89. The van der Waals surface area contributed by atoms with Crippen LogP contribution in [-0.2, 0) is 4.57 Å². The molecular weight excluding hydrogens is 113 g/mol. The number of hydrogen-bond acceptors (Lipinski definition) is 3. The van der Waals surface area contributed by atoms with E-state index in [1.165, 1.54) is 0 Å². The summed E-state index contributed by atoms with van der Waals surface area (Å²) in [4.78, 5) is 11.4. The van der Waals surface area contributed by atoms with Gasteiger partial charge in [-0.15, -0.1) is 0 Å². The predicted octanol–water partition coefficient (Wildman–Crippen LogP) is -0.392. The summed E-state index contributed by atoms with van der Waals surface area (Å²) in [5.41, 5.74) is 0. The third-order valence-corrected chi connectivity index (χ3v) is 1.19. The normalized spacial score (nSPS) is 12.3. The molecule has 0 aromatic carbocycles. The molecule has 0 bridgehead atoms. The van der Waals surface area contributed by atoms with E-state index in [4.69, 9.17) is 0 Å². The molecule has 0 radical (unpaired) electrons. The van der Waals surface area contributed by atoms with Gasteiger partial charge in [-0.1, -0.05) is 4.57 Å². The average molecular weight is 121 g/mol.